The lowest BCUT2D eigenvalue weighted by molar-refractivity contribution is 0.169. The van der Waals surface area contributed by atoms with Crippen molar-refractivity contribution in [3.05, 3.63) is 0 Å². The lowest BCUT2D eigenvalue weighted by atomic mass is 9.71. The molecule has 6 atom stereocenters. The highest BCUT2D eigenvalue weighted by Gasteiger charge is 2.32. The molecule has 0 aromatic rings. The molecule has 2 aliphatic rings. The molecule has 0 radical (unpaired) electrons. The molecule has 0 saturated heterocycles. The molecule has 12 nitrogen and oxygen atoms in total. The van der Waals surface area contributed by atoms with Crippen molar-refractivity contribution in [1.29, 1.82) is 0 Å². The number of hydrogen-bond donors (Lipinski definition) is 6. The van der Waals surface area contributed by atoms with E-state index in [4.69, 9.17) is 0 Å². The van der Waals surface area contributed by atoms with Crippen molar-refractivity contribution in [2.75, 3.05) is 75.3 Å². The van der Waals surface area contributed by atoms with Gasteiger partial charge in [-0.2, -0.15) is 0 Å². The van der Waals surface area contributed by atoms with Crippen molar-refractivity contribution in [2.24, 2.45) is 35.5 Å². The summed E-state index contributed by atoms with van der Waals surface area (Å²) < 4.78 is 0. The molecule has 2 saturated carbocycles. The average Bonchev–Trinajstić information content (AvgIpc) is 3.22. The Morgan fingerprint density at radius 2 is 0.729 bits per heavy atom. The minimum absolute atomic E-state index is 0.00937. The molecule has 2 rings (SSSR count). The molecule has 59 heavy (non-hydrogen) atoms. The van der Waals surface area contributed by atoms with Gasteiger partial charge in [0.15, 0.2) is 0 Å². The monoisotopic (exact) mass is 938 g/mol. The Hall–Kier alpha value is -1.08. The van der Waals surface area contributed by atoms with E-state index in [1.54, 1.807) is 21.1 Å². The number of unbranched alkanes of at least 4 members (excludes halogenated alkanes) is 3. The molecule has 6 unspecified atom stereocenters. The number of carbonyl (C=O) groups excluding carboxylic acids is 6. The molecular formula is C41H74N6O6S6. The topological polar surface area (TPSA) is 175 Å². The van der Waals surface area contributed by atoms with Crippen molar-refractivity contribution in [3.63, 3.8) is 0 Å². The summed E-state index contributed by atoms with van der Waals surface area (Å²) in [6.45, 7) is 3.89. The van der Waals surface area contributed by atoms with Crippen LogP contribution < -0.4 is 31.9 Å². The van der Waals surface area contributed by atoms with Gasteiger partial charge in [-0.05, 0) is 119 Å². The number of carbonyl (C=O) groups is 6. The van der Waals surface area contributed by atoms with Crippen LogP contribution in [0, 0.1) is 35.5 Å². The zero-order valence-corrected chi connectivity index (χ0v) is 40.9. The van der Waals surface area contributed by atoms with E-state index in [2.05, 4.69) is 31.9 Å². The van der Waals surface area contributed by atoms with Gasteiger partial charge in [-0.25, -0.2) is 0 Å². The van der Waals surface area contributed by atoms with Crippen molar-refractivity contribution >= 4 is 102 Å². The van der Waals surface area contributed by atoms with Crippen molar-refractivity contribution in [2.45, 2.75) is 110 Å². The van der Waals surface area contributed by atoms with Crippen LogP contribution >= 0.6 is 70.6 Å². The van der Waals surface area contributed by atoms with Gasteiger partial charge >= 0.3 is 0 Å². The molecule has 6 amide bonds. The Bertz CT molecular complexity index is 1240. The highest BCUT2D eigenvalue weighted by molar-refractivity contribution is 8.14. The van der Waals surface area contributed by atoms with Gasteiger partial charge in [-0.3, -0.25) is 28.8 Å². The number of hydrogen-bond acceptors (Lipinski definition) is 12. The van der Waals surface area contributed by atoms with Gasteiger partial charge in [-0.15, -0.1) is 0 Å². The summed E-state index contributed by atoms with van der Waals surface area (Å²) in [5.74, 6) is 8.23. The largest absolute Gasteiger partial charge is 0.350 e. The smallest absolute Gasteiger partial charge is 0.279 e. The van der Waals surface area contributed by atoms with Crippen LogP contribution in [0.15, 0.2) is 0 Å². The first-order valence-electron chi connectivity index (χ1n) is 21.8. The SMILES string of the molecule is CCNC(=O)SCCC1CCC(CCSC(=O)NC)CC1CCSC(=O)NCCCCCCNC(=O)SCCC1CC(CCSC(=O)NC)CCC1CCSC(=O)NC. The van der Waals surface area contributed by atoms with Crippen molar-refractivity contribution < 1.29 is 28.8 Å². The third kappa shape index (κ3) is 26.2. The van der Waals surface area contributed by atoms with E-state index in [0.717, 1.165) is 137 Å². The summed E-state index contributed by atoms with van der Waals surface area (Å²) in [4.78, 5) is 72.3. The molecule has 0 aromatic heterocycles. The first-order valence-corrected chi connectivity index (χ1v) is 27.7. The molecule has 18 heteroatoms. The second-order valence-corrected chi connectivity index (χ2v) is 21.9. The highest BCUT2D eigenvalue weighted by Crippen LogP contribution is 2.42. The number of nitrogens with one attached hydrogen (secondary N) is 6. The van der Waals surface area contributed by atoms with E-state index in [0.29, 0.717) is 55.1 Å². The fourth-order valence-corrected chi connectivity index (χ4v) is 13.0. The van der Waals surface area contributed by atoms with Crippen LogP contribution in [-0.4, -0.2) is 107 Å². The normalized spacial score (nSPS) is 21.6. The first-order chi connectivity index (χ1) is 28.6. The molecule has 6 N–H and O–H groups in total. The highest BCUT2D eigenvalue weighted by atomic mass is 32.2. The average molecular weight is 939 g/mol. The molecule has 0 heterocycles. The van der Waals surface area contributed by atoms with E-state index >= 15 is 0 Å². The van der Waals surface area contributed by atoms with E-state index in [1.807, 2.05) is 6.92 Å². The van der Waals surface area contributed by atoms with Crippen LogP contribution in [0.1, 0.15) is 110 Å². The van der Waals surface area contributed by atoms with Crippen molar-refractivity contribution in [1.82, 2.24) is 31.9 Å². The summed E-state index contributed by atoms with van der Waals surface area (Å²) >= 11 is 8.18. The van der Waals surface area contributed by atoms with E-state index in [1.165, 1.54) is 70.6 Å². The van der Waals surface area contributed by atoms with E-state index in [-0.39, 0.29) is 31.4 Å². The molecule has 0 aliphatic heterocycles. The standard InChI is InChI=1S/C41H74N6O6S6/c1-5-45-39(51)57-25-17-33-13-11-31(15-23-55-37(49)43-3)29-35(33)19-27-59-41(53)47-21-9-7-6-8-20-46-40(52)58-26-18-34-28-30(14-22-54-36(48)42-2)10-12-32(34)16-24-56-38(50)44-4/h30-35H,5-29H2,1-4H3,(H,42,48)(H,43,49)(H,44,50)(H,45,51)(H,46,52)(H,47,53). The number of amides is 6. The maximum atomic E-state index is 12.6. The quantitative estimate of drug-likeness (QED) is 0.0454. The molecule has 2 fully saturated rings. The Labute approximate surface area is 380 Å². The predicted octanol–water partition coefficient (Wildman–Crippen LogP) is 10.5. The fraction of sp³-hybridized carbons (Fsp3) is 0.854. The molecule has 2 aliphatic carbocycles. The second-order valence-electron chi connectivity index (χ2n) is 15.5. The van der Waals surface area contributed by atoms with Crippen LogP contribution in [0.5, 0.6) is 0 Å². The minimum Gasteiger partial charge on any atom is -0.350 e. The molecular weight excluding hydrogens is 865 g/mol. The van der Waals surface area contributed by atoms with E-state index < -0.39 is 0 Å². The molecule has 0 spiro atoms. The van der Waals surface area contributed by atoms with E-state index in [9.17, 15) is 28.8 Å². The number of thioether (sulfide) groups is 6. The summed E-state index contributed by atoms with van der Waals surface area (Å²) in [5.41, 5.74) is 0. The minimum atomic E-state index is 0.00937. The molecule has 340 valence electrons. The van der Waals surface area contributed by atoms with Gasteiger partial charge in [0.2, 0.25) is 0 Å². The van der Waals surface area contributed by atoms with Gasteiger partial charge < -0.3 is 31.9 Å². The third-order valence-electron chi connectivity index (χ3n) is 11.5. The second kappa shape index (κ2) is 34.4. The molecule has 0 bridgehead atoms. The fourth-order valence-electron chi connectivity index (χ4n) is 8.19. The van der Waals surface area contributed by atoms with Gasteiger partial charge in [0.1, 0.15) is 0 Å². The Morgan fingerprint density at radius 3 is 1.08 bits per heavy atom. The maximum Gasteiger partial charge on any atom is 0.279 e. The summed E-state index contributed by atoms with van der Waals surface area (Å²) in [6, 6.07) is 0. The van der Waals surface area contributed by atoms with Crippen LogP contribution in [0.4, 0.5) is 28.8 Å². The third-order valence-corrected chi connectivity index (χ3v) is 16.7. The van der Waals surface area contributed by atoms with Crippen LogP contribution in [0.25, 0.3) is 0 Å². The van der Waals surface area contributed by atoms with Gasteiger partial charge in [0, 0.05) is 75.3 Å². The van der Waals surface area contributed by atoms with Crippen molar-refractivity contribution in [3.8, 4) is 0 Å². The van der Waals surface area contributed by atoms with Crippen LogP contribution in [0.2, 0.25) is 0 Å². The Kier molecular flexibility index (Phi) is 31.5. The zero-order chi connectivity index (χ0) is 43.1. The maximum absolute atomic E-state index is 12.6. The Balaban J connectivity index is 1.60. The summed E-state index contributed by atoms with van der Waals surface area (Å²) in [6.07, 6.45) is 16.7. The first kappa shape index (κ1) is 54.1. The number of rotatable bonds is 26. The predicted molar refractivity (Wildman–Crippen MR) is 259 cm³/mol. The summed E-state index contributed by atoms with van der Waals surface area (Å²) in [7, 11) is 4.99. The van der Waals surface area contributed by atoms with Gasteiger partial charge in [0.25, 0.3) is 31.4 Å². The Morgan fingerprint density at radius 1 is 0.407 bits per heavy atom. The summed E-state index contributed by atoms with van der Waals surface area (Å²) in [5, 5.41) is 17.2. The van der Waals surface area contributed by atoms with Gasteiger partial charge in [-0.1, -0.05) is 96.3 Å². The van der Waals surface area contributed by atoms with Crippen LogP contribution in [0.3, 0.4) is 0 Å². The zero-order valence-electron chi connectivity index (χ0n) is 36.0. The van der Waals surface area contributed by atoms with Gasteiger partial charge in [0.05, 0.1) is 0 Å². The van der Waals surface area contributed by atoms with Crippen LogP contribution in [-0.2, 0) is 0 Å². The molecule has 0 aromatic carbocycles. The lowest BCUT2D eigenvalue weighted by Gasteiger charge is -2.36. The lowest BCUT2D eigenvalue weighted by Crippen LogP contribution is -2.27.